The van der Waals surface area contributed by atoms with Gasteiger partial charge in [-0.25, -0.2) is 4.79 Å². The van der Waals surface area contributed by atoms with E-state index in [0.29, 0.717) is 16.4 Å². The molecule has 2 aromatic rings. The zero-order chi connectivity index (χ0) is 17.9. The van der Waals surface area contributed by atoms with Gasteiger partial charge in [0.2, 0.25) is 0 Å². The lowest BCUT2D eigenvalue weighted by atomic mass is 9.99. The van der Waals surface area contributed by atoms with Crippen molar-refractivity contribution in [2.45, 2.75) is 33.9 Å². The van der Waals surface area contributed by atoms with Crippen LogP contribution in [0.2, 0.25) is 5.02 Å². The third-order valence-electron chi connectivity index (χ3n) is 3.64. The molecule has 1 aromatic heterocycles. The molecule has 0 aliphatic carbocycles. The van der Waals surface area contributed by atoms with Crippen molar-refractivity contribution in [3.8, 4) is 0 Å². The molecule has 0 bridgehead atoms. The van der Waals surface area contributed by atoms with Crippen molar-refractivity contribution in [1.29, 1.82) is 0 Å². The van der Waals surface area contributed by atoms with E-state index in [9.17, 15) is 9.59 Å². The first-order chi connectivity index (χ1) is 11.3. The first-order valence-electron chi connectivity index (χ1n) is 7.33. The van der Waals surface area contributed by atoms with Gasteiger partial charge in [0.15, 0.2) is 0 Å². The molecule has 0 radical (unpaired) electrons. The lowest BCUT2D eigenvalue weighted by molar-refractivity contribution is 0.0954. The topological polar surface area (TPSA) is 81.4 Å². The number of nitrogens with two attached hydrogens (primary N) is 1. The van der Waals surface area contributed by atoms with Crippen LogP contribution >= 0.6 is 22.9 Å². The van der Waals surface area contributed by atoms with Crippen molar-refractivity contribution < 1.29 is 14.3 Å². The number of thiophene rings is 1. The molecule has 24 heavy (non-hydrogen) atoms. The summed E-state index contributed by atoms with van der Waals surface area (Å²) in [5.74, 6) is -0.144. The fraction of sp³-hybridized carbons (Fsp3) is 0.294. The number of aryl methyl sites for hydroxylation is 3. The molecule has 5 nitrogen and oxygen atoms in total. The van der Waals surface area contributed by atoms with Crippen LogP contribution in [0.5, 0.6) is 0 Å². The predicted molar refractivity (Wildman–Crippen MR) is 95.5 cm³/mol. The minimum Gasteiger partial charge on any atom is -0.445 e. The number of hydrogen-bond donors (Lipinski definition) is 2. The third kappa shape index (κ3) is 4.49. The van der Waals surface area contributed by atoms with Crippen molar-refractivity contribution >= 4 is 34.9 Å². The van der Waals surface area contributed by atoms with E-state index in [1.54, 1.807) is 6.07 Å². The normalized spacial score (nSPS) is 10.5. The summed E-state index contributed by atoms with van der Waals surface area (Å²) in [6, 6.07) is 5.52. The number of nitrogens with one attached hydrogen (secondary N) is 1. The van der Waals surface area contributed by atoms with Crippen molar-refractivity contribution in [3.63, 3.8) is 0 Å². The highest BCUT2D eigenvalue weighted by atomic mass is 35.5. The van der Waals surface area contributed by atoms with Crippen LogP contribution in [0, 0.1) is 20.8 Å². The summed E-state index contributed by atoms with van der Waals surface area (Å²) in [6.07, 6.45) is -0.799. The van der Waals surface area contributed by atoms with Gasteiger partial charge in [-0.3, -0.25) is 4.79 Å². The maximum atomic E-state index is 12.2. The minimum atomic E-state index is -0.799. The van der Waals surface area contributed by atoms with Crippen molar-refractivity contribution in [1.82, 2.24) is 5.32 Å². The van der Waals surface area contributed by atoms with Gasteiger partial charge in [0.05, 0.1) is 9.90 Å². The SMILES string of the molecule is Cc1cc(COC(N)=O)cc(C)c1CNC(=O)c1cc(Cl)c(C)s1. The van der Waals surface area contributed by atoms with Crippen LogP contribution in [0.1, 0.15) is 36.8 Å². The van der Waals surface area contributed by atoms with Gasteiger partial charge < -0.3 is 15.8 Å². The van der Waals surface area contributed by atoms with Gasteiger partial charge in [-0.2, -0.15) is 0 Å². The number of halogens is 1. The fourth-order valence-corrected chi connectivity index (χ4v) is 3.54. The second-order valence-electron chi connectivity index (χ2n) is 5.51. The zero-order valence-electron chi connectivity index (χ0n) is 13.7. The molecule has 0 aliphatic rings. The van der Waals surface area contributed by atoms with Crippen LogP contribution in [0.4, 0.5) is 4.79 Å². The number of carbonyl (C=O) groups excluding carboxylic acids is 2. The molecule has 2 amide bonds. The number of amides is 2. The molecule has 0 fully saturated rings. The molecule has 0 spiro atoms. The first-order valence-corrected chi connectivity index (χ1v) is 8.52. The van der Waals surface area contributed by atoms with Gasteiger partial charge in [-0.1, -0.05) is 23.7 Å². The maximum Gasteiger partial charge on any atom is 0.404 e. The number of rotatable bonds is 5. The summed E-state index contributed by atoms with van der Waals surface area (Å²) in [5, 5.41) is 3.52. The third-order valence-corrected chi connectivity index (χ3v) is 5.20. The summed E-state index contributed by atoms with van der Waals surface area (Å²) in [7, 11) is 0. The Labute approximate surface area is 149 Å². The highest BCUT2D eigenvalue weighted by Gasteiger charge is 2.13. The molecule has 0 saturated carbocycles. The van der Waals surface area contributed by atoms with Crippen LogP contribution in [-0.2, 0) is 17.9 Å². The number of primary amides is 1. The van der Waals surface area contributed by atoms with Crippen LogP contribution in [0.25, 0.3) is 0 Å². The van der Waals surface area contributed by atoms with Gasteiger partial charge in [0.1, 0.15) is 6.61 Å². The second-order valence-corrected chi connectivity index (χ2v) is 7.18. The Morgan fingerprint density at radius 1 is 1.21 bits per heavy atom. The van der Waals surface area contributed by atoms with Crippen LogP contribution in [-0.4, -0.2) is 12.0 Å². The molecule has 0 aliphatic heterocycles. The lowest BCUT2D eigenvalue weighted by Gasteiger charge is -2.13. The van der Waals surface area contributed by atoms with E-state index in [1.807, 2.05) is 32.9 Å². The minimum absolute atomic E-state index is 0.136. The Kier molecular flexibility index (Phi) is 5.85. The average molecular weight is 367 g/mol. The van der Waals surface area contributed by atoms with Gasteiger partial charge in [0.25, 0.3) is 5.91 Å². The molecule has 1 heterocycles. The Bertz CT molecular complexity index is 744. The highest BCUT2D eigenvalue weighted by molar-refractivity contribution is 7.14. The number of hydrogen-bond acceptors (Lipinski definition) is 4. The van der Waals surface area contributed by atoms with Crippen LogP contribution < -0.4 is 11.1 Å². The lowest BCUT2D eigenvalue weighted by Crippen LogP contribution is -2.23. The van der Waals surface area contributed by atoms with E-state index in [-0.39, 0.29) is 12.5 Å². The fourth-order valence-electron chi connectivity index (χ4n) is 2.43. The standard InChI is InChI=1S/C17H19ClN2O3S/c1-9-4-12(8-23-17(19)22)5-10(2)13(9)7-20-16(21)15-6-14(18)11(3)24-15/h4-6H,7-8H2,1-3H3,(H2,19,22)(H,20,21). The molecular weight excluding hydrogens is 348 g/mol. The van der Waals surface area contributed by atoms with Crippen LogP contribution in [0.3, 0.4) is 0 Å². The summed E-state index contributed by atoms with van der Waals surface area (Å²) in [5.41, 5.74) is 8.90. The molecule has 2 rings (SSSR count). The largest absolute Gasteiger partial charge is 0.445 e. The Morgan fingerprint density at radius 2 is 1.83 bits per heavy atom. The van der Waals surface area contributed by atoms with Gasteiger partial charge >= 0.3 is 6.09 Å². The van der Waals surface area contributed by atoms with Gasteiger partial charge in [0, 0.05) is 11.4 Å². The number of ether oxygens (including phenoxy) is 1. The van der Waals surface area contributed by atoms with Crippen LogP contribution in [0.15, 0.2) is 18.2 Å². The van der Waals surface area contributed by atoms with E-state index in [2.05, 4.69) is 5.32 Å². The van der Waals surface area contributed by atoms with E-state index in [0.717, 1.165) is 27.1 Å². The summed E-state index contributed by atoms with van der Waals surface area (Å²) in [4.78, 5) is 24.4. The first kappa shape index (κ1) is 18.3. The molecule has 128 valence electrons. The average Bonchev–Trinajstić information content (AvgIpc) is 2.83. The van der Waals surface area contributed by atoms with E-state index >= 15 is 0 Å². The molecule has 0 saturated heterocycles. The molecule has 0 unspecified atom stereocenters. The molecular formula is C17H19ClN2O3S. The van der Waals surface area contributed by atoms with Gasteiger partial charge in [-0.05, 0) is 49.1 Å². The van der Waals surface area contributed by atoms with Crippen molar-refractivity contribution in [3.05, 3.63) is 55.2 Å². The molecule has 1 aromatic carbocycles. The van der Waals surface area contributed by atoms with Crippen molar-refractivity contribution in [2.75, 3.05) is 0 Å². The summed E-state index contributed by atoms with van der Waals surface area (Å²) < 4.78 is 4.81. The Balaban J connectivity index is 2.06. The Hall–Kier alpha value is -2.05. The monoisotopic (exact) mass is 366 g/mol. The number of benzene rings is 1. The molecule has 3 N–H and O–H groups in total. The maximum absolute atomic E-state index is 12.2. The highest BCUT2D eigenvalue weighted by Crippen LogP contribution is 2.26. The predicted octanol–water partition coefficient (Wildman–Crippen LogP) is 3.85. The van der Waals surface area contributed by atoms with E-state index in [4.69, 9.17) is 22.1 Å². The van der Waals surface area contributed by atoms with Gasteiger partial charge in [-0.15, -0.1) is 11.3 Å². The smallest absolute Gasteiger partial charge is 0.404 e. The quantitative estimate of drug-likeness (QED) is 0.843. The Morgan fingerprint density at radius 3 is 2.33 bits per heavy atom. The van der Waals surface area contributed by atoms with E-state index in [1.165, 1.54) is 11.3 Å². The number of carbonyl (C=O) groups is 2. The van der Waals surface area contributed by atoms with Crippen molar-refractivity contribution in [2.24, 2.45) is 5.73 Å². The summed E-state index contributed by atoms with van der Waals surface area (Å²) >= 11 is 7.37. The second kappa shape index (κ2) is 7.68. The summed E-state index contributed by atoms with van der Waals surface area (Å²) in [6.45, 7) is 6.34. The zero-order valence-corrected chi connectivity index (χ0v) is 15.3. The molecule has 7 heteroatoms. The van der Waals surface area contributed by atoms with E-state index < -0.39 is 6.09 Å². The molecule has 0 atom stereocenters.